The standard InChI is InChI=1S/C12H16BrNO4S/c1-4-9-6-7-10(8-11(9)12(15)18-3)19(16,17)14(13)5-2/h6-8H,4-5H2,1-3H3. The van der Waals surface area contributed by atoms with Crippen molar-refractivity contribution in [2.45, 2.75) is 25.2 Å². The molecule has 0 saturated carbocycles. The van der Waals surface area contributed by atoms with Gasteiger partial charge in [-0.15, -0.1) is 3.33 Å². The summed E-state index contributed by atoms with van der Waals surface area (Å²) in [4.78, 5) is 11.7. The number of nitrogens with zero attached hydrogens (tertiary/aromatic N) is 1. The van der Waals surface area contributed by atoms with Crippen LogP contribution in [0.25, 0.3) is 0 Å². The van der Waals surface area contributed by atoms with Gasteiger partial charge in [0.15, 0.2) is 0 Å². The molecule has 0 N–H and O–H groups in total. The second-order valence-corrected chi connectivity index (χ2v) is 6.96. The van der Waals surface area contributed by atoms with E-state index in [-0.39, 0.29) is 17.0 Å². The Hall–Kier alpha value is -0.920. The Morgan fingerprint density at radius 2 is 2.00 bits per heavy atom. The van der Waals surface area contributed by atoms with Gasteiger partial charge in [0.05, 0.1) is 17.6 Å². The van der Waals surface area contributed by atoms with Gasteiger partial charge in [-0.3, -0.25) is 0 Å². The molecule has 0 aliphatic carbocycles. The summed E-state index contributed by atoms with van der Waals surface area (Å²) in [5.74, 6) is -0.536. The van der Waals surface area contributed by atoms with Crippen molar-refractivity contribution < 1.29 is 17.9 Å². The van der Waals surface area contributed by atoms with Crippen molar-refractivity contribution in [3.8, 4) is 0 Å². The highest BCUT2D eigenvalue weighted by Gasteiger charge is 2.23. The summed E-state index contributed by atoms with van der Waals surface area (Å²) in [6.45, 7) is 3.87. The third kappa shape index (κ3) is 3.34. The zero-order chi connectivity index (χ0) is 14.6. The molecule has 0 saturated heterocycles. The normalized spacial score (nSPS) is 11.6. The highest BCUT2D eigenvalue weighted by atomic mass is 79.9. The molecule has 7 heteroatoms. The van der Waals surface area contributed by atoms with Crippen LogP contribution in [-0.2, 0) is 21.2 Å². The molecule has 1 aromatic carbocycles. The number of esters is 1. The minimum Gasteiger partial charge on any atom is -0.465 e. The van der Waals surface area contributed by atoms with E-state index in [2.05, 4.69) is 20.9 Å². The molecule has 0 aromatic heterocycles. The molecule has 5 nitrogen and oxygen atoms in total. The first-order chi connectivity index (χ1) is 8.88. The van der Waals surface area contributed by atoms with E-state index in [0.29, 0.717) is 6.42 Å². The number of carbonyl (C=O) groups is 1. The number of sulfonamides is 1. The first-order valence-corrected chi connectivity index (χ1v) is 7.93. The first kappa shape index (κ1) is 16.1. The van der Waals surface area contributed by atoms with Crippen molar-refractivity contribution in [1.29, 1.82) is 0 Å². The molecule has 0 amide bonds. The number of ether oxygens (including phenoxy) is 1. The maximum atomic E-state index is 12.2. The molecule has 1 rings (SSSR count). The lowest BCUT2D eigenvalue weighted by Gasteiger charge is -2.14. The monoisotopic (exact) mass is 349 g/mol. The molecule has 106 valence electrons. The van der Waals surface area contributed by atoms with E-state index in [1.165, 1.54) is 19.2 Å². The van der Waals surface area contributed by atoms with Gasteiger partial charge in [0, 0.05) is 22.7 Å². The summed E-state index contributed by atoms with van der Waals surface area (Å²) in [5.41, 5.74) is 1.03. The van der Waals surface area contributed by atoms with E-state index in [1.54, 1.807) is 13.0 Å². The largest absolute Gasteiger partial charge is 0.465 e. The average molecular weight is 350 g/mol. The zero-order valence-corrected chi connectivity index (χ0v) is 13.4. The van der Waals surface area contributed by atoms with Gasteiger partial charge in [0.1, 0.15) is 0 Å². The Bertz CT molecular complexity index is 571. The average Bonchev–Trinajstić information content (AvgIpc) is 2.44. The number of carbonyl (C=O) groups excluding carboxylic acids is 1. The Morgan fingerprint density at radius 3 is 2.47 bits per heavy atom. The summed E-state index contributed by atoms with van der Waals surface area (Å²) in [5, 5.41) is 0. The fraction of sp³-hybridized carbons (Fsp3) is 0.417. The van der Waals surface area contributed by atoms with Crippen LogP contribution in [0, 0.1) is 0 Å². The van der Waals surface area contributed by atoms with Crippen molar-refractivity contribution in [3.63, 3.8) is 0 Å². The van der Waals surface area contributed by atoms with Gasteiger partial charge in [-0.1, -0.05) is 19.9 Å². The molecule has 0 radical (unpaired) electrons. The van der Waals surface area contributed by atoms with Gasteiger partial charge >= 0.3 is 5.97 Å². The van der Waals surface area contributed by atoms with Crippen LogP contribution >= 0.6 is 16.1 Å². The second-order valence-electron chi connectivity index (χ2n) is 3.77. The zero-order valence-electron chi connectivity index (χ0n) is 11.0. The lowest BCUT2D eigenvalue weighted by molar-refractivity contribution is 0.0599. The first-order valence-electron chi connectivity index (χ1n) is 5.78. The third-order valence-electron chi connectivity index (χ3n) is 2.67. The SMILES string of the molecule is CCc1ccc(S(=O)(=O)N(Br)CC)cc1C(=O)OC. The molecular formula is C12H16BrNO4S. The second kappa shape index (κ2) is 6.49. The quantitative estimate of drug-likeness (QED) is 0.604. The van der Waals surface area contributed by atoms with Crippen molar-refractivity contribution >= 4 is 32.1 Å². The van der Waals surface area contributed by atoms with Crippen molar-refractivity contribution in [2.24, 2.45) is 0 Å². The predicted octanol–water partition coefficient (Wildman–Crippen LogP) is 2.36. The van der Waals surface area contributed by atoms with Crippen LogP contribution in [-0.4, -0.2) is 31.4 Å². The number of methoxy groups -OCH3 is 1. The molecule has 0 spiro atoms. The van der Waals surface area contributed by atoms with Gasteiger partial charge in [-0.25, -0.2) is 13.2 Å². The number of hydrogen-bond donors (Lipinski definition) is 0. The van der Waals surface area contributed by atoms with Gasteiger partial charge in [-0.2, -0.15) is 0 Å². The Morgan fingerprint density at radius 1 is 1.37 bits per heavy atom. The topological polar surface area (TPSA) is 63.7 Å². The minimum atomic E-state index is -3.64. The number of hydrogen-bond acceptors (Lipinski definition) is 4. The van der Waals surface area contributed by atoms with E-state index < -0.39 is 16.0 Å². The third-order valence-corrected chi connectivity index (χ3v) is 5.95. The Kier molecular flexibility index (Phi) is 5.51. The Balaban J connectivity index is 3.37. The number of benzene rings is 1. The van der Waals surface area contributed by atoms with Crippen molar-refractivity contribution in [2.75, 3.05) is 13.7 Å². The molecular weight excluding hydrogens is 334 g/mol. The molecule has 0 atom stereocenters. The molecule has 19 heavy (non-hydrogen) atoms. The van der Waals surface area contributed by atoms with Crippen LogP contribution < -0.4 is 0 Å². The fourth-order valence-corrected chi connectivity index (χ4v) is 3.19. The van der Waals surface area contributed by atoms with Gasteiger partial charge < -0.3 is 4.74 Å². The fourth-order valence-electron chi connectivity index (χ4n) is 1.61. The van der Waals surface area contributed by atoms with Gasteiger partial charge in [-0.05, 0) is 24.1 Å². The number of rotatable bonds is 5. The molecule has 0 fully saturated rings. The minimum absolute atomic E-state index is 0.0591. The number of halogens is 1. The molecule has 1 aromatic rings. The van der Waals surface area contributed by atoms with Crippen molar-refractivity contribution in [3.05, 3.63) is 29.3 Å². The molecule has 0 heterocycles. The summed E-state index contributed by atoms with van der Waals surface area (Å²) in [7, 11) is -2.37. The van der Waals surface area contributed by atoms with Gasteiger partial charge in [0.2, 0.25) is 0 Å². The Labute approximate surface area is 121 Å². The van der Waals surface area contributed by atoms with Crippen LogP contribution in [0.3, 0.4) is 0 Å². The summed E-state index contributed by atoms with van der Waals surface area (Å²) in [6, 6.07) is 4.48. The lowest BCUT2D eigenvalue weighted by atomic mass is 10.1. The summed E-state index contributed by atoms with van der Waals surface area (Å²) < 4.78 is 30.0. The van der Waals surface area contributed by atoms with E-state index in [1.807, 2.05) is 6.92 Å². The van der Waals surface area contributed by atoms with Crippen LogP contribution in [0.15, 0.2) is 23.1 Å². The van der Waals surface area contributed by atoms with Crippen LogP contribution in [0.5, 0.6) is 0 Å². The van der Waals surface area contributed by atoms with E-state index in [0.717, 1.165) is 8.89 Å². The van der Waals surface area contributed by atoms with Crippen molar-refractivity contribution in [1.82, 2.24) is 3.33 Å². The summed E-state index contributed by atoms with van der Waals surface area (Å²) in [6.07, 6.45) is 0.622. The molecule has 0 bridgehead atoms. The smallest absolute Gasteiger partial charge is 0.338 e. The van der Waals surface area contributed by atoms with E-state index >= 15 is 0 Å². The predicted molar refractivity (Wildman–Crippen MR) is 75.7 cm³/mol. The number of aryl methyl sites for hydroxylation is 1. The van der Waals surface area contributed by atoms with Gasteiger partial charge in [0.25, 0.3) is 10.0 Å². The van der Waals surface area contributed by atoms with Crippen LogP contribution in [0.1, 0.15) is 29.8 Å². The molecule has 0 aliphatic heterocycles. The highest BCUT2D eigenvalue weighted by molar-refractivity contribution is 9.08. The van der Waals surface area contributed by atoms with Crippen LogP contribution in [0.2, 0.25) is 0 Å². The van der Waals surface area contributed by atoms with E-state index in [4.69, 9.17) is 0 Å². The van der Waals surface area contributed by atoms with Crippen LogP contribution in [0.4, 0.5) is 0 Å². The molecule has 0 unspecified atom stereocenters. The lowest BCUT2D eigenvalue weighted by Crippen LogP contribution is -2.21. The maximum Gasteiger partial charge on any atom is 0.338 e. The van der Waals surface area contributed by atoms with E-state index in [9.17, 15) is 13.2 Å². The maximum absolute atomic E-state index is 12.2. The highest BCUT2D eigenvalue weighted by Crippen LogP contribution is 2.22. The molecule has 0 aliphatic rings. The summed E-state index contributed by atoms with van der Waals surface area (Å²) >= 11 is 2.98.